The van der Waals surface area contributed by atoms with Crippen LogP contribution in [0.15, 0.2) is 12.4 Å². The second kappa shape index (κ2) is 7.71. The predicted octanol–water partition coefficient (Wildman–Crippen LogP) is 2.53. The van der Waals surface area contributed by atoms with Gasteiger partial charge in [0.25, 0.3) is 0 Å². The van der Waals surface area contributed by atoms with Crippen molar-refractivity contribution in [3.05, 3.63) is 18.1 Å². The summed E-state index contributed by atoms with van der Waals surface area (Å²) in [5.41, 5.74) is 0.241. The third-order valence-corrected chi connectivity index (χ3v) is 3.37. The van der Waals surface area contributed by atoms with E-state index in [1.807, 2.05) is 0 Å². The monoisotopic (exact) mass is 265 g/mol. The van der Waals surface area contributed by atoms with Gasteiger partial charge in [-0.1, -0.05) is 26.7 Å². The number of carbonyl (C=O) groups excluding carboxylic acids is 1. The minimum atomic E-state index is -0.456. The molecule has 0 aliphatic rings. The summed E-state index contributed by atoms with van der Waals surface area (Å²) in [4.78, 5) is 21.9. The first-order valence-electron chi connectivity index (χ1n) is 6.81. The van der Waals surface area contributed by atoms with E-state index in [1.54, 1.807) is 6.20 Å². The second-order valence-electron chi connectivity index (χ2n) is 4.47. The molecular formula is C14H23N3O2. The Bertz CT molecular complexity index is 388. The van der Waals surface area contributed by atoms with Gasteiger partial charge in [0, 0.05) is 13.1 Å². The molecule has 1 aromatic heterocycles. The fraction of sp³-hybridized carbons (Fsp3) is 0.643. The normalized spacial score (nSPS) is 10.6. The molecule has 19 heavy (non-hydrogen) atoms. The molecule has 1 rings (SSSR count). The molecule has 5 heteroatoms. The summed E-state index contributed by atoms with van der Waals surface area (Å²) >= 11 is 0. The van der Waals surface area contributed by atoms with Crippen LogP contribution in [0, 0.1) is 5.92 Å². The number of anilines is 1. The summed E-state index contributed by atoms with van der Waals surface area (Å²) in [5.74, 6) is 1.01. The number of ether oxygens (including phenoxy) is 1. The first-order valence-corrected chi connectivity index (χ1v) is 6.81. The van der Waals surface area contributed by atoms with Crippen LogP contribution in [-0.2, 0) is 4.74 Å². The molecule has 0 radical (unpaired) electrons. The molecule has 1 aromatic rings. The van der Waals surface area contributed by atoms with Crippen molar-refractivity contribution in [1.82, 2.24) is 9.97 Å². The van der Waals surface area contributed by atoms with E-state index in [9.17, 15) is 4.79 Å². The van der Waals surface area contributed by atoms with Crippen molar-refractivity contribution in [3.63, 3.8) is 0 Å². The molecule has 0 atom stereocenters. The lowest BCUT2D eigenvalue weighted by Crippen LogP contribution is -2.30. The Morgan fingerprint density at radius 2 is 1.95 bits per heavy atom. The van der Waals surface area contributed by atoms with Crippen LogP contribution in [0.4, 0.5) is 5.82 Å². The van der Waals surface area contributed by atoms with Gasteiger partial charge in [0.15, 0.2) is 5.69 Å². The summed E-state index contributed by atoms with van der Waals surface area (Å²) in [7, 11) is 1.34. The molecule has 0 saturated heterocycles. The fourth-order valence-electron chi connectivity index (χ4n) is 1.94. The first kappa shape index (κ1) is 15.4. The zero-order chi connectivity index (χ0) is 14.3. The lowest BCUT2D eigenvalue weighted by molar-refractivity contribution is 0.0593. The van der Waals surface area contributed by atoms with Gasteiger partial charge in [0.2, 0.25) is 0 Å². The van der Waals surface area contributed by atoms with Crippen molar-refractivity contribution in [2.75, 3.05) is 25.1 Å². The molecule has 0 amide bonds. The van der Waals surface area contributed by atoms with E-state index in [4.69, 9.17) is 0 Å². The molecule has 0 unspecified atom stereocenters. The molecule has 106 valence electrons. The van der Waals surface area contributed by atoms with Crippen LogP contribution in [-0.4, -0.2) is 36.1 Å². The number of hydrogen-bond acceptors (Lipinski definition) is 5. The van der Waals surface area contributed by atoms with Gasteiger partial charge in [-0.05, 0) is 12.8 Å². The molecule has 0 spiro atoms. The van der Waals surface area contributed by atoms with Gasteiger partial charge in [0.05, 0.1) is 19.5 Å². The Morgan fingerprint density at radius 3 is 2.37 bits per heavy atom. The molecule has 1 heterocycles. The molecule has 0 bridgehead atoms. The van der Waals surface area contributed by atoms with Gasteiger partial charge in [0.1, 0.15) is 5.82 Å². The third-order valence-electron chi connectivity index (χ3n) is 3.37. The third kappa shape index (κ3) is 4.19. The average Bonchev–Trinajstić information content (AvgIpc) is 2.48. The maximum absolute atomic E-state index is 11.3. The minimum absolute atomic E-state index is 0.241. The van der Waals surface area contributed by atoms with Crippen LogP contribution in [0.3, 0.4) is 0 Å². The molecule has 0 N–H and O–H groups in total. The first-order chi connectivity index (χ1) is 9.15. The fourth-order valence-corrected chi connectivity index (χ4v) is 1.94. The molecule has 0 aromatic carbocycles. The highest BCUT2D eigenvalue weighted by Crippen LogP contribution is 2.15. The maximum Gasteiger partial charge on any atom is 0.358 e. The van der Waals surface area contributed by atoms with E-state index in [2.05, 4.69) is 40.4 Å². The van der Waals surface area contributed by atoms with Crippen molar-refractivity contribution in [3.8, 4) is 0 Å². The number of carbonyl (C=O) groups is 1. The Balaban J connectivity index is 2.79. The van der Waals surface area contributed by atoms with Crippen molar-refractivity contribution >= 4 is 11.8 Å². The van der Waals surface area contributed by atoms with Gasteiger partial charge in [-0.25, -0.2) is 14.8 Å². The van der Waals surface area contributed by atoms with E-state index in [0.717, 1.165) is 31.7 Å². The molecule has 0 saturated carbocycles. The van der Waals surface area contributed by atoms with Crippen LogP contribution in [0.5, 0.6) is 0 Å². The zero-order valence-electron chi connectivity index (χ0n) is 12.2. The lowest BCUT2D eigenvalue weighted by atomic mass is 10.0. The zero-order valence-corrected chi connectivity index (χ0v) is 12.2. The largest absolute Gasteiger partial charge is 0.464 e. The summed E-state index contributed by atoms with van der Waals surface area (Å²) in [5, 5.41) is 0. The van der Waals surface area contributed by atoms with E-state index < -0.39 is 5.97 Å². The van der Waals surface area contributed by atoms with E-state index >= 15 is 0 Å². The molecule has 0 aliphatic carbocycles. The quantitative estimate of drug-likeness (QED) is 0.709. The highest BCUT2D eigenvalue weighted by molar-refractivity contribution is 5.86. The molecule has 5 nitrogen and oxygen atoms in total. The van der Waals surface area contributed by atoms with Crippen LogP contribution in [0.2, 0.25) is 0 Å². The van der Waals surface area contributed by atoms with Gasteiger partial charge < -0.3 is 9.64 Å². The van der Waals surface area contributed by atoms with Gasteiger partial charge >= 0.3 is 5.97 Å². The SMILES string of the molecule is CCC(CC)CN(CC)c1cnc(C(=O)OC)cn1. The summed E-state index contributed by atoms with van der Waals surface area (Å²) in [6.45, 7) is 8.35. The van der Waals surface area contributed by atoms with Crippen molar-refractivity contribution < 1.29 is 9.53 Å². The molecular weight excluding hydrogens is 242 g/mol. The number of methoxy groups -OCH3 is 1. The Hall–Kier alpha value is -1.65. The second-order valence-corrected chi connectivity index (χ2v) is 4.47. The molecule has 0 fully saturated rings. The summed E-state index contributed by atoms with van der Waals surface area (Å²) in [6.07, 6.45) is 5.41. The molecule has 0 aliphatic heterocycles. The van der Waals surface area contributed by atoms with Gasteiger partial charge in [-0.3, -0.25) is 0 Å². The Kier molecular flexibility index (Phi) is 6.25. The summed E-state index contributed by atoms with van der Waals surface area (Å²) in [6, 6.07) is 0. The van der Waals surface area contributed by atoms with Crippen LogP contribution >= 0.6 is 0 Å². The standard InChI is InChI=1S/C14H23N3O2/c1-5-11(6-2)10-17(7-3)13-9-15-12(8-16-13)14(18)19-4/h8-9,11H,5-7,10H2,1-4H3. The highest BCUT2D eigenvalue weighted by atomic mass is 16.5. The van der Waals surface area contributed by atoms with Gasteiger partial charge in [-0.2, -0.15) is 0 Å². The van der Waals surface area contributed by atoms with Crippen molar-refractivity contribution in [2.45, 2.75) is 33.6 Å². The number of aromatic nitrogens is 2. The number of esters is 1. The highest BCUT2D eigenvalue weighted by Gasteiger charge is 2.13. The number of nitrogens with zero attached hydrogens (tertiary/aromatic N) is 3. The van der Waals surface area contributed by atoms with E-state index in [1.165, 1.54) is 13.3 Å². The minimum Gasteiger partial charge on any atom is -0.464 e. The topological polar surface area (TPSA) is 55.3 Å². The predicted molar refractivity (Wildman–Crippen MR) is 75.3 cm³/mol. The number of rotatable bonds is 7. The van der Waals surface area contributed by atoms with Crippen LogP contribution < -0.4 is 4.90 Å². The van der Waals surface area contributed by atoms with Crippen molar-refractivity contribution in [2.24, 2.45) is 5.92 Å². The van der Waals surface area contributed by atoms with Crippen LogP contribution in [0.25, 0.3) is 0 Å². The smallest absolute Gasteiger partial charge is 0.358 e. The van der Waals surface area contributed by atoms with Crippen molar-refractivity contribution in [1.29, 1.82) is 0 Å². The average molecular weight is 265 g/mol. The summed E-state index contributed by atoms with van der Waals surface area (Å²) < 4.78 is 4.61. The van der Waals surface area contributed by atoms with E-state index in [-0.39, 0.29) is 5.69 Å². The van der Waals surface area contributed by atoms with Gasteiger partial charge in [-0.15, -0.1) is 0 Å². The van der Waals surface area contributed by atoms with Crippen LogP contribution in [0.1, 0.15) is 44.1 Å². The maximum atomic E-state index is 11.3. The number of hydrogen-bond donors (Lipinski definition) is 0. The Morgan fingerprint density at radius 1 is 1.26 bits per heavy atom. The lowest BCUT2D eigenvalue weighted by Gasteiger charge is -2.26. The Labute approximate surface area is 115 Å². The van der Waals surface area contributed by atoms with E-state index in [0.29, 0.717) is 5.92 Å².